The van der Waals surface area contributed by atoms with Crippen molar-refractivity contribution in [3.8, 4) is 0 Å². The lowest BCUT2D eigenvalue weighted by Gasteiger charge is -2.20. The van der Waals surface area contributed by atoms with Crippen LogP contribution in [-0.4, -0.2) is 42.9 Å². The molecule has 3 unspecified atom stereocenters. The highest BCUT2D eigenvalue weighted by molar-refractivity contribution is 5.78. The molecule has 1 amide bonds. The first-order valence-electron chi connectivity index (χ1n) is 4.89. The van der Waals surface area contributed by atoms with Crippen LogP contribution >= 0.6 is 0 Å². The van der Waals surface area contributed by atoms with Crippen molar-refractivity contribution < 1.29 is 14.6 Å². The molecule has 14 heavy (non-hydrogen) atoms. The van der Waals surface area contributed by atoms with E-state index >= 15 is 0 Å². The third-order valence-electron chi connectivity index (χ3n) is 2.63. The molecule has 5 heteroatoms. The van der Waals surface area contributed by atoms with E-state index in [0.29, 0.717) is 5.92 Å². The summed E-state index contributed by atoms with van der Waals surface area (Å²) in [7, 11) is 0. The molecule has 0 aromatic rings. The standard InChI is InChI=1S/C9H18N2O3/c1-6(7-2-3-14-5-7)11-4-8(12)9(10)13/h6-8,11-12H,2-5H2,1H3,(H2,10,13). The van der Waals surface area contributed by atoms with Gasteiger partial charge in [0.05, 0.1) is 6.61 Å². The average Bonchev–Trinajstić information content (AvgIpc) is 2.66. The topological polar surface area (TPSA) is 84.6 Å². The molecular formula is C9H18N2O3. The number of hydrogen-bond acceptors (Lipinski definition) is 4. The summed E-state index contributed by atoms with van der Waals surface area (Å²) < 4.78 is 5.24. The molecule has 1 fully saturated rings. The van der Waals surface area contributed by atoms with Crippen molar-refractivity contribution in [3.63, 3.8) is 0 Å². The van der Waals surface area contributed by atoms with Gasteiger partial charge in [-0.2, -0.15) is 0 Å². The van der Waals surface area contributed by atoms with Crippen LogP contribution in [-0.2, 0) is 9.53 Å². The van der Waals surface area contributed by atoms with Gasteiger partial charge < -0.3 is 20.9 Å². The number of primary amides is 1. The Morgan fingerprint density at radius 1 is 1.79 bits per heavy atom. The van der Waals surface area contributed by atoms with Crippen LogP contribution in [0.3, 0.4) is 0 Å². The molecule has 0 radical (unpaired) electrons. The third-order valence-corrected chi connectivity index (χ3v) is 2.63. The molecule has 1 rings (SSSR count). The zero-order valence-electron chi connectivity index (χ0n) is 8.40. The average molecular weight is 202 g/mol. The summed E-state index contributed by atoms with van der Waals surface area (Å²) in [6.07, 6.45) is -0.0688. The van der Waals surface area contributed by atoms with Gasteiger partial charge in [-0.3, -0.25) is 4.79 Å². The Hall–Kier alpha value is -0.650. The Bertz CT molecular complexity index is 192. The van der Waals surface area contributed by atoms with Crippen molar-refractivity contribution in [1.82, 2.24) is 5.32 Å². The molecule has 4 N–H and O–H groups in total. The maximum absolute atomic E-state index is 10.5. The number of rotatable bonds is 5. The quantitative estimate of drug-likeness (QED) is 0.525. The summed E-state index contributed by atoms with van der Waals surface area (Å²) in [4.78, 5) is 10.5. The maximum Gasteiger partial charge on any atom is 0.247 e. The molecule has 0 aromatic carbocycles. The van der Waals surface area contributed by atoms with E-state index in [1.54, 1.807) is 0 Å². The molecule has 1 aliphatic heterocycles. The van der Waals surface area contributed by atoms with E-state index in [1.165, 1.54) is 0 Å². The molecule has 0 spiro atoms. The monoisotopic (exact) mass is 202 g/mol. The minimum atomic E-state index is -1.10. The summed E-state index contributed by atoms with van der Waals surface area (Å²) in [5.41, 5.74) is 4.92. The van der Waals surface area contributed by atoms with E-state index in [0.717, 1.165) is 19.6 Å². The Labute approximate surface area is 83.6 Å². The summed E-state index contributed by atoms with van der Waals surface area (Å²) in [5.74, 6) is -0.220. The van der Waals surface area contributed by atoms with Gasteiger partial charge in [0, 0.05) is 19.2 Å². The van der Waals surface area contributed by atoms with Crippen LogP contribution in [0.2, 0.25) is 0 Å². The minimum Gasteiger partial charge on any atom is -0.382 e. The van der Waals surface area contributed by atoms with Gasteiger partial charge in [-0.1, -0.05) is 0 Å². The SMILES string of the molecule is CC(NCC(O)C(N)=O)C1CCOC1. The largest absolute Gasteiger partial charge is 0.382 e. The highest BCUT2D eigenvalue weighted by atomic mass is 16.5. The predicted molar refractivity (Wildman–Crippen MR) is 51.6 cm³/mol. The van der Waals surface area contributed by atoms with E-state index in [-0.39, 0.29) is 12.6 Å². The van der Waals surface area contributed by atoms with E-state index < -0.39 is 12.0 Å². The van der Waals surface area contributed by atoms with Crippen molar-refractivity contribution in [2.45, 2.75) is 25.5 Å². The van der Waals surface area contributed by atoms with Gasteiger partial charge in [-0.05, 0) is 19.3 Å². The smallest absolute Gasteiger partial charge is 0.247 e. The first-order valence-corrected chi connectivity index (χ1v) is 4.89. The van der Waals surface area contributed by atoms with E-state index in [2.05, 4.69) is 5.32 Å². The number of aliphatic hydroxyl groups excluding tert-OH is 1. The molecule has 1 heterocycles. The second kappa shape index (κ2) is 5.29. The summed E-state index contributed by atoms with van der Waals surface area (Å²) in [5, 5.41) is 12.2. The van der Waals surface area contributed by atoms with Gasteiger partial charge in [0.2, 0.25) is 5.91 Å². The summed E-state index contributed by atoms with van der Waals surface area (Å²) in [6.45, 7) is 3.79. The lowest BCUT2D eigenvalue weighted by Crippen LogP contribution is -2.43. The normalized spacial score (nSPS) is 26.0. The van der Waals surface area contributed by atoms with Gasteiger partial charge in [-0.25, -0.2) is 0 Å². The molecule has 5 nitrogen and oxygen atoms in total. The number of carbonyl (C=O) groups is 1. The molecule has 0 saturated carbocycles. The Morgan fingerprint density at radius 2 is 2.50 bits per heavy atom. The molecule has 1 saturated heterocycles. The second-order valence-electron chi connectivity index (χ2n) is 3.74. The van der Waals surface area contributed by atoms with Crippen LogP contribution in [0.15, 0.2) is 0 Å². The lowest BCUT2D eigenvalue weighted by atomic mass is 10.0. The fourth-order valence-corrected chi connectivity index (χ4v) is 1.51. The minimum absolute atomic E-state index is 0.215. The molecule has 1 aliphatic rings. The zero-order chi connectivity index (χ0) is 10.6. The Kier molecular flexibility index (Phi) is 4.31. The third kappa shape index (κ3) is 3.25. The Morgan fingerprint density at radius 3 is 3.00 bits per heavy atom. The fraction of sp³-hybridized carbons (Fsp3) is 0.889. The highest BCUT2D eigenvalue weighted by Gasteiger charge is 2.22. The van der Waals surface area contributed by atoms with Gasteiger partial charge in [0.1, 0.15) is 6.10 Å². The van der Waals surface area contributed by atoms with Crippen molar-refractivity contribution >= 4 is 5.91 Å². The highest BCUT2D eigenvalue weighted by Crippen LogP contribution is 2.16. The zero-order valence-corrected chi connectivity index (χ0v) is 8.40. The van der Waals surface area contributed by atoms with Crippen LogP contribution in [0.25, 0.3) is 0 Å². The lowest BCUT2D eigenvalue weighted by molar-refractivity contribution is -0.125. The Balaban J connectivity index is 2.19. The molecule has 0 aromatic heterocycles. The van der Waals surface area contributed by atoms with Crippen molar-refractivity contribution in [2.24, 2.45) is 11.7 Å². The van der Waals surface area contributed by atoms with Crippen LogP contribution < -0.4 is 11.1 Å². The van der Waals surface area contributed by atoms with Crippen LogP contribution in [0.1, 0.15) is 13.3 Å². The van der Waals surface area contributed by atoms with Crippen LogP contribution in [0.5, 0.6) is 0 Å². The van der Waals surface area contributed by atoms with Gasteiger partial charge >= 0.3 is 0 Å². The second-order valence-corrected chi connectivity index (χ2v) is 3.74. The van der Waals surface area contributed by atoms with Gasteiger partial charge in [0.25, 0.3) is 0 Å². The fourth-order valence-electron chi connectivity index (χ4n) is 1.51. The van der Waals surface area contributed by atoms with Crippen LogP contribution in [0.4, 0.5) is 0 Å². The molecule has 3 atom stereocenters. The maximum atomic E-state index is 10.5. The molecule has 82 valence electrons. The van der Waals surface area contributed by atoms with Crippen molar-refractivity contribution in [3.05, 3.63) is 0 Å². The van der Waals surface area contributed by atoms with E-state index in [9.17, 15) is 4.79 Å². The number of nitrogens with one attached hydrogen (secondary N) is 1. The summed E-state index contributed by atoms with van der Waals surface area (Å²) >= 11 is 0. The summed E-state index contributed by atoms with van der Waals surface area (Å²) in [6, 6.07) is 0.242. The van der Waals surface area contributed by atoms with Gasteiger partial charge in [-0.15, -0.1) is 0 Å². The van der Waals surface area contributed by atoms with Gasteiger partial charge in [0.15, 0.2) is 0 Å². The van der Waals surface area contributed by atoms with E-state index in [1.807, 2.05) is 6.92 Å². The first-order chi connectivity index (χ1) is 6.61. The first kappa shape index (κ1) is 11.4. The number of carbonyl (C=O) groups excluding carboxylic acids is 1. The van der Waals surface area contributed by atoms with E-state index in [4.69, 9.17) is 15.6 Å². The molecular weight excluding hydrogens is 184 g/mol. The van der Waals surface area contributed by atoms with Crippen molar-refractivity contribution in [2.75, 3.05) is 19.8 Å². The number of nitrogens with two attached hydrogens (primary N) is 1. The number of hydrogen-bond donors (Lipinski definition) is 3. The molecule has 0 aliphatic carbocycles. The number of amides is 1. The molecule has 0 bridgehead atoms. The number of aliphatic hydroxyl groups is 1. The van der Waals surface area contributed by atoms with Crippen molar-refractivity contribution in [1.29, 1.82) is 0 Å². The van der Waals surface area contributed by atoms with Crippen LogP contribution in [0, 0.1) is 5.92 Å². The predicted octanol–water partition coefficient (Wildman–Crippen LogP) is -1.15. The number of ether oxygens (including phenoxy) is 1.